The lowest BCUT2D eigenvalue weighted by Gasteiger charge is -2.08. The number of rotatable bonds is 2. The number of amides is 1. The molecule has 0 radical (unpaired) electrons. The monoisotopic (exact) mass is 338 g/mol. The first-order valence-electron chi connectivity index (χ1n) is 6.06. The second-order valence-electron chi connectivity index (χ2n) is 4.20. The van der Waals surface area contributed by atoms with Gasteiger partial charge in [0.25, 0.3) is 5.91 Å². The van der Waals surface area contributed by atoms with Crippen molar-refractivity contribution in [1.29, 1.82) is 0 Å². The van der Waals surface area contributed by atoms with Gasteiger partial charge in [-0.05, 0) is 36.1 Å². The van der Waals surface area contributed by atoms with Gasteiger partial charge in [0, 0.05) is 10.6 Å². The molecule has 0 saturated heterocycles. The molecule has 0 aliphatic heterocycles. The molecule has 1 aromatic heterocycles. The quantitative estimate of drug-likeness (QED) is 0.815. The predicted octanol–water partition coefficient (Wildman–Crippen LogP) is 3.93. The highest BCUT2D eigenvalue weighted by molar-refractivity contribution is 7.12. The van der Waals surface area contributed by atoms with E-state index in [1.54, 1.807) is 23.6 Å². The number of anilines is 1. The molecule has 1 amide bonds. The molecule has 2 aromatic rings. The number of nitrogens with one attached hydrogen (secondary N) is 1. The molecule has 108 valence electrons. The fourth-order valence-corrected chi connectivity index (χ4v) is 2.82. The van der Waals surface area contributed by atoms with Gasteiger partial charge in [-0.3, -0.25) is 4.79 Å². The maximum absolute atomic E-state index is 12.3. The van der Waals surface area contributed by atoms with Crippen molar-refractivity contribution in [2.75, 3.05) is 11.9 Å². The summed E-state index contributed by atoms with van der Waals surface area (Å²) >= 11 is 13.5. The van der Waals surface area contributed by atoms with Crippen LogP contribution in [-0.2, 0) is 0 Å². The molecule has 0 atom stereocenters. The Morgan fingerprint density at radius 2 is 2.14 bits per heavy atom. The fourth-order valence-electron chi connectivity index (χ4n) is 1.65. The van der Waals surface area contributed by atoms with E-state index in [2.05, 4.69) is 17.2 Å². The van der Waals surface area contributed by atoms with Gasteiger partial charge in [-0.15, -0.1) is 11.3 Å². The number of halogens is 2. The third kappa shape index (κ3) is 3.78. The molecule has 0 aliphatic carbocycles. The van der Waals surface area contributed by atoms with Gasteiger partial charge < -0.3 is 11.1 Å². The second kappa shape index (κ2) is 6.97. The number of nitrogens with two attached hydrogens (primary N) is 1. The van der Waals surface area contributed by atoms with Crippen molar-refractivity contribution in [3.8, 4) is 11.8 Å². The minimum absolute atomic E-state index is 0.246. The lowest BCUT2D eigenvalue weighted by molar-refractivity contribution is 0.103. The number of carbonyl (C=O) groups excluding carboxylic acids is 1. The summed E-state index contributed by atoms with van der Waals surface area (Å²) in [5.74, 6) is 5.34. The molecule has 0 bridgehead atoms. The van der Waals surface area contributed by atoms with Crippen molar-refractivity contribution >= 4 is 46.1 Å². The highest BCUT2D eigenvalue weighted by Gasteiger charge is 2.14. The first-order valence-corrected chi connectivity index (χ1v) is 7.70. The zero-order valence-corrected chi connectivity index (χ0v) is 13.5. The third-order valence-electron chi connectivity index (χ3n) is 2.69. The van der Waals surface area contributed by atoms with Crippen LogP contribution in [0.3, 0.4) is 0 Å². The van der Waals surface area contributed by atoms with Gasteiger partial charge in [-0.2, -0.15) is 0 Å². The maximum atomic E-state index is 12.3. The second-order valence-corrected chi connectivity index (χ2v) is 5.94. The first kappa shape index (κ1) is 15.9. The van der Waals surface area contributed by atoms with Crippen LogP contribution in [0.4, 0.5) is 5.69 Å². The minimum Gasteiger partial charge on any atom is -0.320 e. The Labute approximate surface area is 137 Å². The van der Waals surface area contributed by atoms with Crippen molar-refractivity contribution in [1.82, 2.24) is 0 Å². The number of hydrogen-bond acceptors (Lipinski definition) is 3. The molecule has 0 unspecified atom stereocenters. The molecule has 21 heavy (non-hydrogen) atoms. The SMILES string of the molecule is Cc1cc(Cl)c(NC(=O)c2sccc2C#CCN)cc1Cl. The number of carbonyl (C=O) groups is 1. The minimum atomic E-state index is -0.270. The van der Waals surface area contributed by atoms with Crippen LogP contribution in [0.1, 0.15) is 20.8 Å². The maximum Gasteiger partial charge on any atom is 0.267 e. The largest absolute Gasteiger partial charge is 0.320 e. The van der Waals surface area contributed by atoms with E-state index in [0.717, 1.165) is 5.56 Å². The van der Waals surface area contributed by atoms with Gasteiger partial charge in [-0.25, -0.2) is 0 Å². The van der Waals surface area contributed by atoms with Crippen LogP contribution in [0.5, 0.6) is 0 Å². The normalized spacial score (nSPS) is 9.90. The van der Waals surface area contributed by atoms with Gasteiger partial charge >= 0.3 is 0 Å². The summed E-state index contributed by atoms with van der Waals surface area (Å²) in [6, 6.07) is 5.13. The molecule has 0 saturated carbocycles. The van der Waals surface area contributed by atoms with E-state index in [9.17, 15) is 4.79 Å². The molecular formula is C15H12Cl2N2OS. The predicted molar refractivity (Wildman–Crippen MR) is 89.4 cm³/mol. The van der Waals surface area contributed by atoms with E-state index in [4.69, 9.17) is 28.9 Å². The first-order chi connectivity index (χ1) is 10.0. The Kier molecular flexibility index (Phi) is 5.27. The van der Waals surface area contributed by atoms with Crippen LogP contribution in [0.2, 0.25) is 10.0 Å². The van der Waals surface area contributed by atoms with Crippen LogP contribution in [-0.4, -0.2) is 12.5 Å². The summed E-state index contributed by atoms with van der Waals surface area (Å²) in [6.45, 7) is 2.09. The van der Waals surface area contributed by atoms with Crippen LogP contribution >= 0.6 is 34.5 Å². The lowest BCUT2D eigenvalue weighted by atomic mass is 10.2. The Hall–Kier alpha value is -1.51. The smallest absolute Gasteiger partial charge is 0.267 e. The van der Waals surface area contributed by atoms with Crippen molar-refractivity contribution in [2.24, 2.45) is 5.73 Å². The van der Waals surface area contributed by atoms with Gasteiger partial charge in [0.1, 0.15) is 4.88 Å². The molecule has 6 heteroatoms. The van der Waals surface area contributed by atoms with E-state index in [1.165, 1.54) is 11.3 Å². The summed E-state index contributed by atoms with van der Waals surface area (Å²) in [4.78, 5) is 12.8. The highest BCUT2D eigenvalue weighted by Crippen LogP contribution is 2.29. The summed E-state index contributed by atoms with van der Waals surface area (Å²) in [7, 11) is 0. The zero-order chi connectivity index (χ0) is 15.4. The van der Waals surface area contributed by atoms with Gasteiger partial charge in [0.2, 0.25) is 0 Å². The van der Waals surface area contributed by atoms with Gasteiger partial charge in [0.05, 0.1) is 17.3 Å². The summed E-state index contributed by atoms with van der Waals surface area (Å²) < 4.78 is 0. The van der Waals surface area contributed by atoms with Gasteiger partial charge in [0.15, 0.2) is 0 Å². The van der Waals surface area contributed by atoms with E-state index < -0.39 is 0 Å². The van der Waals surface area contributed by atoms with Crippen molar-refractivity contribution in [2.45, 2.75) is 6.92 Å². The molecule has 0 fully saturated rings. The topological polar surface area (TPSA) is 55.1 Å². The van der Waals surface area contributed by atoms with E-state index in [-0.39, 0.29) is 12.5 Å². The Morgan fingerprint density at radius 3 is 2.86 bits per heavy atom. The molecule has 3 nitrogen and oxygen atoms in total. The van der Waals surface area contributed by atoms with Crippen LogP contribution < -0.4 is 11.1 Å². The summed E-state index contributed by atoms with van der Waals surface area (Å²) in [6.07, 6.45) is 0. The van der Waals surface area contributed by atoms with Crippen LogP contribution in [0.15, 0.2) is 23.6 Å². The molecule has 0 aliphatic rings. The molecule has 2 rings (SSSR count). The Balaban J connectivity index is 2.27. The lowest BCUT2D eigenvalue weighted by Crippen LogP contribution is -2.12. The highest BCUT2D eigenvalue weighted by atomic mass is 35.5. The van der Waals surface area contributed by atoms with E-state index in [0.29, 0.717) is 26.2 Å². The number of aryl methyl sites for hydroxylation is 1. The molecular weight excluding hydrogens is 327 g/mol. The zero-order valence-electron chi connectivity index (χ0n) is 11.2. The molecule has 3 N–H and O–H groups in total. The Bertz CT molecular complexity index is 744. The van der Waals surface area contributed by atoms with Crippen LogP contribution in [0.25, 0.3) is 0 Å². The summed E-state index contributed by atoms with van der Waals surface area (Å²) in [5.41, 5.74) is 7.32. The fraction of sp³-hybridized carbons (Fsp3) is 0.133. The standard InChI is InChI=1S/C15H12Cl2N2OS/c1-9-7-12(17)13(8-11(9)16)19-15(20)14-10(3-2-5-18)4-6-21-14/h4,6-8H,5,18H2,1H3,(H,19,20). The number of thiophene rings is 1. The van der Waals surface area contributed by atoms with E-state index >= 15 is 0 Å². The average Bonchev–Trinajstić information content (AvgIpc) is 2.91. The molecule has 1 heterocycles. The van der Waals surface area contributed by atoms with E-state index in [1.807, 2.05) is 6.92 Å². The van der Waals surface area contributed by atoms with Crippen molar-refractivity contribution < 1.29 is 4.79 Å². The average molecular weight is 339 g/mol. The van der Waals surface area contributed by atoms with Crippen molar-refractivity contribution in [3.05, 3.63) is 49.6 Å². The molecule has 1 aromatic carbocycles. The number of benzene rings is 1. The summed E-state index contributed by atoms with van der Waals surface area (Å²) in [5, 5.41) is 5.54. The van der Waals surface area contributed by atoms with Gasteiger partial charge in [-0.1, -0.05) is 35.0 Å². The third-order valence-corrected chi connectivity index (χ3v) is 4.33. The molecule has 0 spiro atoms. The Morgan fingerprint density at radius 1 is 1.38 bits per heavy atom. The number of hydrogen-bond donors (Lipinski definition) is 2. The van der Waals surface area contributed by atoms with Crippen molar-refractivity contribution in [3.63, 3.8) is 0 Å². The van der Waals surface area contributed by atoms with Crippen LogP contribution in [0, 0.1) is 18.8 Å².